The molecule has 0 spiro atoms. The van der Waals surface area contributed by atoms with Crippen LogP contribution in [-0.2, 0) is 18.6 Å². The van der Waals surface area contributed by atoms with Crippen LogP contribution < -0.4 is 0 Å². The molecule has 2 aliphatic rings. The molecule has 0 unspecified atom stereocenters. The Hall–Kier alpha value is -1.47. The third kappa shape index (κ3) is 3.59. The molecule has 2 fully saturated rings. The number of carbonyl (C=O) groups excluding carboxylic acids is 1. The van der Waals surface area contributed by atoms with Crippen molar-refractivity contribution in [3.05, 3.63) is 48.6 Å². The lowest BCUT2D eigenvalue weighted by molar-refractivity contribution is -0.172. The zero-order chi connectivity index (χ0) is 20.7. The summed E-state index contributed by atoms with van der Waals surface area (Å²) in [6, 6.07) is 8.94. The van der Waals surface area contributed by atoms with Crippen molar-refractivity contribution >= 4 is 14.3 Å². The fourth-order valence-corrected chi connectivity index (χ4v) is 4.97. The normalized spacial score (nSPS) is 30.9. The molecule has 3 rings (SSSR count). The maximum Gasteiger partial charge on any atom is 0.338 e. The van der Waals surface area contributed by atoms with E-state index in [4.69, 9.17) is 18.6 Å². The molecule has 0 radical (unpaired) electrons. The van der Waals surface area contributed by atoms with E-state index in [1.807, 2.05) is 25.1 Å². The number of fused-ring (bicyclic) bond motifs is 2. The molecule has 6 heteroatoms. The van der Waals surface area contributed by atoms with Gasteiger partial charge in [-0.15, -0.1) is 0 Å². The molecule has 2 heterocycles. The van der Waals surface area contributed by atoms with Crippen molar-refractivity contribution < 1.29 is 23.4 Å². The first-order valence-electron chi connectivity index (χ1n) is 9.88. The van der Waals surface area contributed by atoms with Gasteiger partial charge in [0.1, 0.15) is 12.2 Å². The van der Waals surface area contributed by atoms with Crippen molar-refractivity contribution in [3.8, 4) is 0 Å². The number of ether oxygens (including phenoxy) is 3. The van der Waals surface area contributed by atoms with Gasteiger partial charge in [0.2, 0.25) is 0 Å². The summed E-state index contributed by atoms with van der Waals surface area (Å²) in [4.78, 5) is 12.7. The Balaban J connectivity index is 1.88. The first-order valence-corrected chi connectivity index (χ1v) is 12.8. The summed E-state index contributed by atoms with van der Waals surface area (Å²) in [7, 11) is -2.09. The minimum absolute atomic E-state index is 0.0455. The van der Waals surface area contributed by atoms with Crippen LogP contribution >= 0.6 is 0 Å². The van der Waals surface area contributed by atoms with Crippen LogP contribution in [0, 0.1) is 0 Å². The molecular formula is C22H32O5Si. The minimum Gasteiger partial charge on any atom is -0.451 e. The molecular weight excluding hydrogens is 372 g/mol. The number of hydrogen-bond donors (Lipinski definition) is 0. The molecule has 154 valence electrons. The highest BCUT2D eigenvalue weighted by molar-refractivity contribution is 6.74. The number of benzene rings is 1. The summed E-state index contributed by atoms with van der Waals surface area (Å²) in [6.45, 7) is 17.2. The topological polar surface area (TPSA) is 54.0 Å². The van der Waals surface area contributed by atoms with Crippen molar-refractivity contribution in [2.45, 2.75) is 75.8 Å². The molecule has 0 saturated carbocycles. The van der Waals surface area contributed by atoms with Gasteiger partial charge in [0.05, 0.1) is 18.3 Å². The van der Waals surface area contributed by atoms with Gasteiger partial charge in [-0.05, 0) is 43.3 Å². The van der Waals surface area contributed by atoms with E-state index in [-0.39, 0.29) is 23.4 Å². The lowest BCUT2D eigenvalue weighted by atomic mass is 9.92. The Kier molecular flexibility index (Phi) is 5.62. The van der Waals surface area contributed by atoms with Crippen molar-refractivity contribution in [1.29, 1.82) is 0 Å². The molecule has 0 aliphatic carbocycles. The summed E-state index contributed by atoms with van der Waals surface area (Å²) in [5.41, 5.74) is -0.375. The van der Waals surface area contributed by atoms with E-state index < -0.39 is 26.0 Å². The highest BCUT2D eigenvalue weighted by Crippen LogP contribution is 2.48. The average Bonchev–Trinajstić information content (AvgIpc) is 3.10. The molecule has 5 nitrogen and oxygen atoms in total. The van der Waals surface area contributed by atoms with Gasteiger partial charge in [0.25, 0.3) is 0 Å². The third-order valence-corrected chi connectivity index (χ3v) is 10.8. The van der Waals surface area contributed by atoms with Gasteiger partial charge in [-0.3, -0.25) is 0 Å². The number of rotatable bonds is 6. The maximum absolute atomic E-state index is 12.7. The molecule has 5 atom stereocenters. The molecule has 0 amide bonds. The first-order chi connectivity index (χ1) is 13.0. The Morgan fingerprint density at radius 2 is 1.96 bits per heavy atom. The highest BCUT2D eigenvalue weighted by atomic mass is 28.4. The first kappa shape index (κ1) is 21.2. The van der Waals surface area contributed by atoms with E-state index in [2.05, 4.69) is 40.4 Å². The zero-order valence-electron chi connectivity index (χ0n) is 17.7. The highest BCUT2D eigenvalue weighted by Gasteiger charge is 2.66. The molecule has 0 N–H and O–H groups in total. The van der Waals surface area contributed by atoms with E-state index in [1.54, 1.807) is 18.2 Å². The summed E-state index contributed by atoms with van der Waals surface area (Å²) in [5, 5.41) is 0.0455. The Morgan fingerprint density at radius 1 is 1.32 bits per heavy atom. The molecule has 2 aliphatic heterocycles. The second-order valence-corrected chi connectivity index (χ2v) is 14.0. The van der Waals surface area contributed by atoms with Gasteiger partial charge in [0.15, 0.2) is 20.0 Å². The maximum atomic E-state index is 12.7. The lowest BCUT2D eigenvalue weighted by Crippen LogP contribution is -2.57. The van der Waals surface area contributed by atoms with Crippen LogP contribution in [0.15, 0.2) is 43.0 Å². The monoisotopic (exact) mass is 404 g/mol. The quantitative estimate of drug-likeness (QED) is 0.401. The largest absolute Gasteiger partial charge is 0.451 e. The van der Waals surface area contributed by atoms with Crippen LogP contribution in [0.25, 0.3) is 0 Å². The third-order valence-electron chi connectivity index (χ3n) is 6.32. The van der Waals surface area contributed by atoms with Gasteiger partial charge < -0.3 is 18.6 Å². The minimum atomic E-state index is -2.09. The fourth-order valence-electron chi connectivity index (χ4n) is 3.65. The van der Waals surface area contributed by atoms with E-state index in [1.165, 1.54) is 0 Å². The van der Waals surface area contributed by atoms with E-state index in [0.717, 1.165) is 0 Å². The molecule has 28 heavy (non-hydrogen) atoms. The van der Waals surface area contributed by atoms with Gasteiger partial charge >= 0.3 is 5.97 Å². The summed E-state index contributed by atoms with van der Waals surface area (Å²) >= 11 is 0. The second-order valence-electron chi connectivity index (χ2n) is 9.28. The van der Waals surface area contributed by atoms with Gasteiger partial charge in [-0.1, -0.05) is 45.5 Å². The summed E-state index contributed by atoms with van der Waals surface area (Å²) < 4.78 is 25.0. The molecule has 2 saturated heterocycles. The van der Waals surface area contributed by atoms with Crippen LogP contribution in [0.1, 0.15) is 38.1 Å². The second kappa shape index (κ2) is 7.41. The standard InChI is InChI=1S/C22H32O5Si/c1-8-17(25-20(23)16-12-10-9-11-13-16)22-14-24-18(15(2)26-22)19(22)27-28(6,7)21(3,4)5/h8-13,15,17-19H,1,14H2,2-7H3/t15-,17-,18-,19-,22+/m0/s1. The molecule has 1 aromatic rings. The van der Waals surface area contributed by atoms with Crippen molar-refractivity contribution in [3.63, 3.8) is 0 Å². The molecule has 2 bridgehead atoms. The Morgan fingerprint density at radius 3 is 2.50 bits per heavy atom. The lowest BCUT2D eigenvalue weighted by Gasteiger charge is -2.42. The van der Waals surface area contributed by atoms with Crippen LogP contribution in [-0.4, -0.2) is 50.9 Å². The predicted molar refractivity (Wildman–Crippen MR) is 111 cm³/mol. The van der Waals surface area contributed by atoms with Crippen LogP contribution in [0.4, 0.5) is 0 Å². The number of hydrogen-bond acceptors (Lipinski definition) is 5. The average molecular weight is 405 g/mol. The fraction of sp³-hybridized carbons (Fsp3) is 0.591. The van der Waals surface area contributed by atoms with Crippen LogP contribution in [0.2, 0.25) is 18.1 Å². The van der Waals surface area contributed by atoms with E-state index in [9.17, 15) is 4.79 Å². The van der Waals surface area contributed by atoms with Gasteiger partial charge in [-0.2, -0.15) is 0 Å². The SMILES string of the molecule is C=C[C@H](OC(=O)c1ccccc1)[C@@]12CO[C@@H]([C@H](C)O1)[C@@H]2O[Si](C)(C)C(C)(C)C. The van der Waals surface area contributed by atoms with Crippen molar-refractivity contribution in [1.82, 2.24) is 0 Å². The van der Waals surface area contributed by atoms with Crippen molar-refractivity contribution in [2.75, 3.05) is 6.61 Å². The van der Waals surface area contributed by atoms with Crippen molar-refractivity contribution in [2.24, 2.45) is 0 Å². The smallest absolute Gasteiger partial charge is 0.338 e. The van der Waals surface area contributed by atoms with Crippen LogP contribution in [0.5, 0.6) is 0 Å². The Bertz CT molecular complexity index is 726. The molecule has 0 aromatic heterocycles. The summed E-state index contributed by atoms with van der Waals surface area (Å²) in [6.07, 6.45) is 0.361. The zero-order valence-corrected chi connectivity index (χ0v) is 18.7. The number of carbonyl (C=O) groups is 1. The van der Waals surface area contributed by atoms with Gasteiger partial charge in [-0.25, -0.2) is 4.79 Å². The van der Waals surface area contributed by atoms with Gasteiger partial charge in [0, 0.05) is 0 Å². The predicted octanol–water partition coefficient (Wildman–Crippen LogP) is 4.34. The van der Waals surface area contributed by atoms with E-state index in [0.29, 0.717) is 12.2 Å². The van der Waals surface area contributed by atoms with Crippen LogP contribution in [0.3, 0.4) is 0 Å². The number of esters is 1. The Labute approximate surface area is 169 Å². The molecule has 1 aromatic carbocycles. The van der Waals surface area contributed by atoms with E-state index >= 15 is 0 Å². The summed E-state index contributed by atoms with van der Waals surface area (Å²) in [5.74, 6) is -0.405.